The number of benzene rings is 2. The van der Waals surface area contributed by atoms with E-state index in [1.807, 2.05) is 42.5 Å². The molecule has 3 nitrogen and oxygen atoms in total. The van der Waals surface area contributed by atoms with Crippen molar-refractivity contribution in [3.8, 4) is 5.75 Å². The van der Waals surface area contributed by atoms with Gasteiger partial charge in [0.2, 0.25) is 0 Å². The van der Waals surface area contributed by atoms with Crippen LogP contribution in [0.4, 0.5) is 0 Å². The molecule has 2 N–H and O–H groups in total. The van der Waals surface area contributed by atoms with Gasteiger partial charge < -0.3 is 14.9 Å². The first-order chi connectivity index (χ1) is 10.2. The van der Waals surface area contributed by atoms with E-state index in [0.717, 1.165) is 28.0 Å². The van der Waals surface area contributed by atoms with E-state index in [4.69, 9.17) is 26.5 Å². The molecule has 0 spiro atoms. The largest absolute Gasteiger partial charge is 0.493 e. The summed E-state index contributed by atoms with van der Waals surface area (Å²) < 4.78 is 11.6. The molecule has 0 radical (unpaired) electrons. The molecule has 1 aliphatic heterocycles. The van der Waals surface area contributed by atoms with Gasteiger partial charge in [0, 0.05) is 21.9 Å². The fourth-order valence-electron chi connectivity index (χ4n) is 2.88. The molecule has 0 aliphatic carbocycles. The summed E-state index contributed by atoms with van der Waals surface area (Å²) in [5, 5.41) is 1.66. The van der Waals surface area contributed by atoms with Crippen LogP contribution < -0.4 is 10.5 Å². The number of fused-ring (bicyclic) bond motifs is 2. The van der Waals surface area contributed by atoms with E-state index in [-0.39, 0.29) is 12.0 Å². The van der Waals surface area contributed by atoms with E-state index in [1.165, 1.54) is 0 Å². The SMILES string of the molecule is NC(c1cc2cc(Cl)ccc2o1)C1COc2ccccc21. The summed E-state index contributed by atoms with van der Waals surface area (Å²) in [5.41, 5.74) is 8.36. The van der Waals surface area contributed by atoms with E-state index in [2.05, 4.69) is 6.07 Å². The van der Waals surface area contributed by atoms with Crippen molar-refractivity contribution < 1.29 is 9.15 Å². The molecule has 4 heteroatoms. The molecule has 0 saturated carbocycles. The maximum Gasteiger partial charge on any atom is 0.134 e. The summed E-state index contributed by atoms with van der Waals surface area (Å²) in [7, 11) is 0. The first kappa shape index (κ1) is 12.7. The molecule has 0 bridgehead atoms. The van der Waals surface area contributed by atoms with Crippen molar-refractivity contribution in [2.45, 2.75) is 12.0 Å². The Hall–Kier alpha value is -1.97. The maximum atomic E-state index is 6.41. The van der Waals surface area contributed by atoms with Crippen molar-refractivity contribution in [1.29, 1.82) is 0 Å². The molecule has 0 fully saturated rings. The topological polar surface area (TPSA) is 48.4 Å². The molecular weight excluding hydrogens is 286 g/mol. The molecule has 106 valence electrons. The van der Waals surface area contributed by atoms with Gasteiger partial charge in [-0.3, -0.25) is 0 Å². The highest BCUT2D eigenvalue weighted by atomic mass is 35.5. The van der Waals surface area contributed by atoms with Crippen molar-refractivity contribution in [1.82, 2.24) is 0 Å². The normalized spacial score (nSPS) is 18.5. The van der Waals surface area contributed by atoms with E-state index in [9.17, 15) is 0 Å². The zero-order valence-corrected chi connectivity index (χ0v) is 12.0. The third-order valence-corrected chi connectivity index (χ3v) is 4.23. The second-order valence-electron chi connectivity index (χ2n) is 5.31. The van der Waals surface area contributed by atoms with Gasteiger partial charge in [0.05, 0.1) is 12.6 Å². The fourth-order valence-corrected chi connectivity index (χ4v) is 3.06. The van der Waals surface area contributed by atoms with Gasteiger partial charge in [-0.1, -0.05) is 29.8 Å². The van der Waals surface area contributed by atoms with Crippen LogP contribution in [0.5, 0.6) is 5.75 Å². The van der Waals surface area contributed by atoms with Crippen LogP contribution in [0.25, 0.3) is 11.0 Å². The average molecular weight is 300 g/mol. The van der Waals surface area contributed by atoms with Gasteiger partial charge in [-0.2, -0.15) is 0 Å². The highest BCUT2D eigenvalue weighted by molar-refractivity contribution is 6.31. The number of halogens is 1. The Balaban J connectivity index is 1.72. The quantitative estimate of drug-likeness (QED) is 0.769. The number of para-hydroxylation sites is 1. The van der Waals surface area contributed by atoms with Crippen molar-refractivity contribution in [2.24, 2.45) is 5.73 Å². The first-order valence-electron chi connectivity index (χ1n) is 6.89. The van der Waals surface area contributed by atoms with E-state index in [1.54, 1.807) is 0 Å². The van der Waals surface area contributed by atoms with Crippen LogP contribution >= 0.6 is 11.6 Å². The molecular formula is C17H14ClNO2. The van der Waals surface area contributed by atoms with Gasteiger partial charge in [0.25, 0.3) is 0 Å². The monoisotopic (exact) mass is 299 g/mol. The zero-order valence-electron chi connectivity index (χ0n) is 11.3. The maximum absolute atomic E-state index is 6.41. The summed E-state index contributed by atoms with van der Waals surface area (Å²) in [4.78, 5) is 0. The van der Waals surface area contributed by atoms with E-state index >= 15 is 0 Å². The Morgan fingerprint density at radius 1 is 1.14 bits per heavy atom. The van der Waals surface area contributed by atoms with Gasteiger partial charge in [-0.05, 0) is 30.3 Å². The number of hydrogen-bond acceptors (Lipinski definition) is 3. The number of hydrogen-bond donors (Lipinski definition) is 1. The van der Waals surface area contributed by atoms with Gasteiger partial charge >= 0.3 is 0 Å². The summed E-state index contributed by atoms with van der Waals surface area (Å²) >= 11 is 6.01. The Morgan fingerprint density at radius 3 is 2.90 bits per heavy atom. The number of nitrogens with two attached hydrogens (primary N) is 1. The summed E-state index contributed by atoms with van der Waals surface area (Å²) in [6.07, 6.45) is 0. The molecule has 0 amide bonds. The molecule has 1 aromatic heterocycles. The molecule has 2 aromatic carbocycles. The molecule has 21 heavy (non-hydrogen) atoms. The molecule has 0 saturated heterocycles. The standard InChI is InChI=1S/C17H14ClNO2/c18-11-5-6-14-10(7-11)8-16(21-14)17(19)13-9-20-15-4-2-1-3-12(13)15/h1-8,13,17H,9,19H2. The average Bonchev–Trinajstić information content (AvgIpc) is 3.09. The van der Waals surface area contributed by atoms with E-state index < -0.39 is 0 Å². The minimum Gasteiger partial charge on any atom is -0.493 e. The molecule has 2 atom stereocenters. The number of rotatable bonds is 2. The van der Waals surface area contributed by atoms with Crippen LogP contribution in [0.1, 0.15) is 23.3 Å². The van der Waals surface area contributed by atoms with Crippen molar-refractivity contribution in [2.75, 3.05) is 6.61 Å². The first-order valence-corrected chi connectivity index (χ1v) is 7.26. The van der Waals surface area contributed by atoms with Gasteiger partial charge in [-0.15, -0.1) is 0 Å². The molecule has 4 rings (SSSR count). The lowest BCUT2D eigenvalue weighted by atomic mass is 9.92. The molecule has 2 unspecified atom stereocenters. The van der Waals surface area contributed by atoms with Gasteiger partial charge in [0.1, 0.15) is 17.1 Å². The highest BCUT2D eigenvalue weighted by Gasteiger charge is 2.31. The van der Waals surface area contributed by atoms with Gasteiger partial charge in [-0.25, -0.2) is 0 Å². The highest BCUT2D eigenvalue weighted by Crippen LogP contribution is 2.41. The van der Waals surface area contributed by atoms with Crippen LogP contribution in [-0.2, 0) is 0 Å². The van der Waals surface area contributed by atoms with Crippen molar-refractivity contribution in [3.63, 3.8) is 0 Å². The molecule has 1 aliphatic rings. The second-order valence-corrected chi connectivity index (χ2v) is 5.75. The predicted molar refractivity (Wildman–Crippen MR) is 82.8 cm³/mol. The van der Waals surface area contributed by atoms with E-state index in [0.29, 0.717) is 11.6 Å². The van der Waals surface area contributed by atoms with Crippen LogP contribution in [0, 0.1) is 0 Å². The lowest BCUT2D eigenvalue weighted by Crippen LogP contribution is -2.20. The van der Waals surface area contributed by atoms with Crippen LogP contribution in [0.2, 0.25) is 5.02 Å². The van der Waals surface area contributed by atoms with Crippen LogP contribution in [0.15, 0.2) is 52.9 Å². The van der Waals surface area contributed by atoms with Gasteiger partial charge in [0.15, 0.2) is 0 Å². The minimum atomic E-state index is -0.236. The summed E-state index contributed by atoms with van der Waals surface area (Å²) in [6, 6.07) is 15.3. The summed E-state index contributed by atoms with van der Waals surface area (Å²) in [6.45, 7) is 0.582. The Labute approximate surface area is 127 Å². The minimum absolute atomic E-state index is 0.109. The Kier molecular flexibility index (Phi) is 2.91. The number of furan rings is 1. The Bertz CT molecular complexity index is 811. The smallest absolute Gasteiger partial charge is 0.134 e. The van der Waals surface area contributed by atoms with Crippen molar-refractivity contribution in [3.05, 3.63) is 64.9 Å². The third-order valence-electron chi connectivity index (χ3n) is 4.00. The third kappa shape index (κ3) is 2.09. The lowest BCUT2D eigenvalue weighted by molar-refractivity contribution is 0.305. The molecule has 2 heterocycles. The number of ether oxygens (including phenoxy) is 1. The predicted octanol–water partition coefficient (Wildman–Crippen LogP) is 4.26. The van der Waals surface area contributed by atoms with Crippen molar-refractivity contribution >= 4 is 22.6 Å². The fraction of sp³-hybridized carbons (Fsp3) is 0.176. The zero-order chi connectivity index (χ0) is 14.4. The Morgan fingerprint density at radius 2 is 2.00 bits per heavy atom. The lowest BCUT2D eigenvalue weighted by Gasteiger charge is -2.15. The molecule has 3 aromatic rings. The van der Waals surface area contributed by atoms with Crippen LogP contribution in [-0.4, -0.2) is 6.61 Å². The van der Waals surface area contributed by atoms with Crippen LogP contribution in [0.3, 0.4) is 0 Å². The second kappa shape index (κ2) is 4.79. The summed E-state index contributed by atoms with van der Waals surface area (Å²) in [5.74, 6) is 1.78.